The highest BCUT2D eigenvalue weighted by Gasteiger charge is 2.15. The molecule has 1 aromatic carbocycles. The molecule has 3 N–H and O–H groups in total. The second-order valence-corrected chi connectivity index (χ2v) is 4.45. The van der Waals surface area contributed by atoms with E-state index in [-0.39, 0.29) is 17.4 Å². The molecule has 0 atom stereocenters. The van der Waals surface area contributed by atoms with Crippen LogP contribution in [0.2, 0.25) is 0 Å². The number of aryl methyl sites for hydroxylation is 2. The first kappa shape index (κ1) is 13.8. The van der Waals surface area contributed by atoms with Crippen molar-refractivity contribution in [2.24, 2.45) is 10.9 Å². The fourth-order valence-electron chi connectivity index (χ4n) is 1.80. The third kappa shape index (κ3) is 2.54. The number of benzene rings is 1. The summed E-state index contributed by atoms with van der Waals surface area (Å²) in [5.41, 5.74) is 8.88. The van der Waals surface area contributed by atoms with Crippen LogP contribution >= 0.6 is 0 Å². The van der Waals surface area contributed by atoms with Crippen LogP contribution in [0.1, 0.15) is 22.4 Å². The summed E-state index contributed by atoms with van der Waals surface area (Å²) < 4.78 is 5.83. The lowest BCUT2D eigenvalue weighted by molar-refractivity contribution is 0.318. The van der Waals surface area contributed by atoms with E-state index in [1.807, 2.05) is 32.9 Å². The van der Waals surface area contributed by atoms with Crippen molar-refractivity contribution in [2.45, 2.75) is 20.8 Å². The molecule has 0 amide bonds. The first-order valence-electron chi connectivity index (χ1n) is 6.08. The summed E-state index contributed by atoms with van der Waals surface area (Å²) in [5, 5.41) is 11.7. The van der Waals surface area contributed by atoms with Crippen molar-refractivity contribution in [2.75, 3.05) is 0 Å². The monoisotopic (exact) mass is 272 g/mol. The molecule has 6 nitrogen and oxygen atoms in total. The summed E-state index contributed by atoms with van der Waals surface area (Å²) in [7, 11) is 0. The minimum atomic E-state index is -0.143. The van der Waals surface area contributed by atoms with Crippen molar-refractivity contribution in [3.05, 3.63) is 46.9 Å². The van der Waals surface area contributed by atoms with Crippen LogP contribution in [0.25, 0.3) is 0 Å². The van der Waals surface area contributed by atoms with E-state index in [1.54, 1.807) is 0 Å². The molecule has 1 heterocycles. The Morgan fingerprint density at radius 3 is 2.50 bits per heavy atom. The van der Waals surface area contributed by atoms with Crippen LogP contribution < -0.4 is 10.5 Å². The number of oxime groups is 1. The van der Waals surface area contributed by atoms with Gasteiger partial charge in [0.05, 0.1) is 0 Å². The smallest absolute Gasteiger partial charge is 0.249 e. The van der Waals surface area contributed by atoms with Gasteiger partial charge in [-0.25, -0.2) is 9.97 Å². The fourth-order valence-corrected chi connectivity index (χ4v) is 1.80. The Balaban J connectivity index is 2.49. The van der Waals surface area contributed by atoms with Crippen molar-refractivity contribution >= 4 is 5.84 Å². The Morgan fingerprint density at radius 2 is 1.80 bits per heavy atom. The molecular weight excluding hydrogens is 256 g/mol. The van der Waals surface area contributed by atoms with E-state index in [0.717, 1.165) is 16.7 Å². The Labute approximate surface area is 116 Å². The second kappa shape index (κ2) is 5.56. The quantitative estimate of drug-likeness (QED) is 0.387. The minimum Gasteiger partial charge on any atom is -0.436 e. The third-order valence-electron chi connectivity index (χ3n) is 3.09. The number of nitrogens with zero attached hydrogens (tertiary/aromatic N) is 3. The molecule has 0 saturated carbocycles. The molecule has 0 spiro atoms. The molecule has 2 aromatic rings. The van der Waals surface area contributed by atoms with Crippen LogP contribution in [0, 0.1) is 20.8 Å². The first-order valence-corrected chi connectivity index (χ1v) is 6.08. The molecule has 0 aliphatic rings. The van der Waals surface area contributed by atoms with Crippen LogP contribution in [0.5, 0.6) is 11.6 Å². The molecule has 0 aliphatic carbocycles. The van der Waals surface area contributed by atoms with Gasteiger partial charge >= 0.3 is 0 Å². The molecule has 0 aliphatic heterocycles. The summed E-state index contributed by atoms with van der Waals surface area (Å²) in [6.07, 6.45) is 2.94. The van der Waals surface area contributed by atoms with Gasteiger partial charge in [0.2, 0.25) is 5.88 Å². The first-order chi connectivity index (χ1) is 9.54. The van der Waals surface area contributed by atoms with Gasteiger partial charge in [-0.3, -0.25) is 0 Å². The van der Waals surface area contributed by atoms with E-state index in [9.17, 15) is 0 Å². The second-order valence-electron chi connectivity index (χ2n) is 4.45. The highest BCUT2D eigenvalue weighted by Crippen LogP contribution is 2.30. The number of amidine groups is 1. The maximum atomic E-state index is 8.77. The largest absolute Gasteiger partial charge is 0.436 e. The van der Waals surface area contributed by atoms with Gasteiger partial charge < -0.3 is 15.7 Å². The number of rotatable bonds is 3. The summed E-state index contributed by atoms with van der Waals surface area (Å²) in [6.45, 7) is 5.92. The molecule has 20 heavy (non-hydrogen) atoms. The molecule has 104 valence electrons. The van der Waals surface area contributed by atoms with Crippen molar-refractivity contribution < 1.29 is 9.94 Å². The third-order valence-corrected chi connectivity index (χ3v) is 3.09. The van der Waals surface area contributed by atoms with Gasteiger partial charge in [-0.15, -0.1) is 0 Å². The van der Waals surface area contributed by atoms with Crippen LogP contribution in [0.3, 0.4) is 0 Å². The topological polar surface area (TPSA) is 93.6 Å². The SMILES string of the molecule is Cc1ccc(C)c(Oc2nccnc2C(N)=NO)c1C. The van der Waals surface area contributed by atoms with Crippen molar-refractivity contribution in [1.82, 2.24) is 9.97 Å². The van der Waals surface area contributed by atoms with Gasteiger partial charge in [0.25, 0.3) is 0 Å². The highest BCUT2D eigenvalue weighted by atomic mass is 16.5. The zero-order valence-electron chi connectivity index (χ0n) is 11.6. The van der Waals surface area contributed by atoms with Crippen LogP contribution in [0.15, 0.2) is 29.7 Å². The highest BCUT2D eigenvalue weighted by molar-refractivity contribution is 5.97. The number of hydrogen-bond donors (Lipinski definition) is 2. The molecular formula is C14H16N4O2. The maximum Gasteiger partial charge on any atom is 0.249 e. The summed E-state index contributed by atoms with van der Waals surface area (Å²) >= 11 is 0. The van der Waals surface area contributed by atoms with Gasteiger partial charge in [0.15, 0.2) is 11.5 Å². The molecule has 0 fully saturated rings. The van der Waals surface area contributed by atoms with E-state index in [0.29, 0.717) is 5.75 Å². The van der Waals surface area contributed by atoms with Gasteiger partial charge in [-0.2, -0.15) is 0 Å². The summed E-state index contributed by atoms with van der Waals surface area (Å²) in [4.78, 5) is 8.12. The Hall–Kier alpha value is -2.63. The Morgan fingerprint density at radius 1 is 1.15 bits per heavy atom. The molecule has 6 heteroatoms. The normalized spacial score (nSPS) is 11.4. The lowest BCUT2D eigenvalue weighted by atomic mass is 10.1. The Kier molecular flexibility index (Phi) is 3.84. The van der Waals surface area contributed by atoms with Gasteiger partial charge in [0, 0.05) is 12.4 Å². The summed E-state index contributed by atoms with van der Waals surface area (Å²) in [5.74, 6) is 0.771. The number of nitrogens with two attached hydrogens (primary N) is 1. The van der Waals surface area contributed by atoms with E-state index in [1.165, 1.54) is 12.4 Å². The van der Waals surface area contributed by atoms with Crippen LogP contribution in [0.4, 0.5) is 0 Å². The summed E-state index contributed by atoms with van der Waals surface area (Å²) in [6, 6.07) is 4.00. The van der Waals surface area contributed by atoms with Crippen LogP contribution in [-0.4, -0.2) is 21.0 Å². The lowest BCUT2D eigenvalue weighted by Gasteiger charge is -2.14. The average Bonchev–Trinajstić information content (AvgIpc) is 2.47. The predicted octanol–water partition coefficient (Wildman–Crippen LogP) is 2.29. The van der Waals surface area contributed by atoms with E-state index >= 15 is 0 Å². The van der Waals surface area contributed by atoms with Crippen molar-refractivity contribution in [3.63, 3.8) is 0 Å². The van der Waals surface area contributed by atoms with Crippen LogP contribution in [-0.2, 0) is 0 Å². The van der Waals surface area contributed by atoms with E-state index in [2.05, 4.69) is 15.1 Å². The zero-order chi connectivity index (χ0) is 14.7. The molecule has 1 aromatic heterocycles. The fraction of sp³-hybridized carbons (Fsp3) is 0.214. The standard InChI is InChI=1S/C14H16N4O2/c1-8-4-5-9(2)12(10(8)3)20-14-11(13(15)18-19)16-6-7-17-14/h4-7,19H,1-3H3,(H2,15,18). The number of ether oxygens (including phenoxy) is 1. The van der Waals surface area contributed by atoms with E-state index in [4.69, 9.17) is 15.7 Å². The number of aromatic nitrogens is 2. The predicted molar refractivity (Wildman–Crippen MR) is 75.3 cm³/mol. The van der Waals surface area contributed by atoms with Gasteiger partial charge in [-0.1, -0.05) is 17.3 Å². The zero-order valence-corrected chi connectivity index (χ0v) is 11.6. The number of hydrogen-bond acceptors (Lipinski definition) is 5. The molecule has 0 bridgehead atoms. The minimum absolute atomic E-state index is 0.143. The molecule has 0 radical (unpaired) electrons. The van der Waals surface area contributed by atoms with Gasteiger partial charge in [-0.05, 0) is 37.5 Å². The molecule has 0 saturated heterocycles. The lowest BCUT2D eigenvalue weighted by Crippen LogP contribution is -2.16. The molecule has 2 rings (SSSR count). The molecule has 0 unspecified atom stereocenters. The van der Waals surface area contributed by atoms with Crippen molar-refractivity contribution in [3.8, 4) is 11.6 Å². The van der Waals surface area contributed by atoms with Crippen molar-refractivity contribution in [1.29, 1.82) is 0 Å². The average molecular weight is 272 g/mol. The van der Waals surface area contributed by atoms with Gasteiger partial charge in [0.1, 0.15) is 5.75 Å². The van der Waals surface area contributed by atoms with E-state index < -0.39 is 0 Å². The Bertz CT molecular complexity index is 668. The maximum absolute atomic E-state index is 8.77.